The fraction of sp³-hybridized carbons (Fsp3) is 0.833. The summed E-state index contributed by atoms with van der Waals surface area (Å²) in [5.41, 5.74) is 0. The Morgan fingerprint density at radius 2 is 2.24 bits per heavy atom. The molecule has 1 aromatic heterocycles. The van der Waals surface area contributed by atoms with Crippen LogP contribution in [0.25, 0.3) is 0 Å². The molecule has 1 aromatic rings. The minimum atomic E-state index is 0.332. The summed E-state index contributed by atoms with van der Waals surface area (Å²) in [5.74, 6) is 2.34. The molecule has 0 amide bonds. The molecule has 1 aliphatic rings. The molecule has 17 heavy (non-hydrogen) atoms. The molecule has 0 saturated carbocycles. The predicted octanol–water partition coefficient (Wildman–Crippen LogP) is 0.859. The number of aromatic nitrogens is 3. The van der Waals surface area contributed by atoms with E-state index in [0.717, 1.165) is 44.2 Å². The quantitative estimate of drug-likeness (QED) is 0.826. The third-order valence-electron chi connectivity index (χ3n) is 3.19. The summed E-state index contributed by atoms with van der Waals surface area (Å²) in [6.07, 6.45) is 2.04. The summed E-state index contributed by atoms with van der Waals surface area (Å²) in [5, 5.41) is 7.92. The Bertz CT molecular complexity index is 363. The summed E-state index contributed by atoms with van der Waals surface area (Å²) in [7, 11) is 1.98. The van der Waals surface area contributed by atoms with Crippen molar-refractivity contribution in [3.63, 3.8) is 0 Å². The van der Waals surface area contributed by atoms with Crippen molar-refractivity contribution in [3.8, 4) is 0 Å². The van der Waals surface area contributed by atoms with E-state index >= 15 is 0 Å². The smallest absolute Gasteiger partial charge is 0.150 e. The summed E-state index contributed by atoms with van der Waals surface area (Å²) in [6, 6.07) is 0.373. The number of likely N-dealkylation sites (N-methyl/N-ethyl adjacent to an activating group) is 1. The average molecular weight is 238 g/mol. The van der Waals surface area contributed by atoms with Crippen LogP contribution in [0.5, 0.6) is 0 Å². The van der Waals surface area contributed by atoms with Crippen LogP contribution in [0.1, 0.15) is 37.8 Å². The van der Waals surface area contributed by atoms with Gasteiger partial charge in [-0.05, 0) is 13.0 Å². The van der Waals surface area contributed by atoms with Crippen molar-refractivity contribution in [1.29, 1.82) is 0 Å². The van der Waals surface area contributed by atoms with Gasteiger partial charge in [0.15, 0.2) is 5.82 Å². The molecule has 5 nitrogen and oxygen atoms in total. The van der Waals surface area contributed by atoms with Crippen molar-refractivity contribution in [2.24, 2.45) is 7.05 Å². The van der Waals surface area contributed by atoms with Gasteiger partial charge in [-0.1, -0.05) is 13.8 Å². The molecular weight excluding hydrogens is 216 g/mol. The van der Waals surface area contributed by atoms with Crippen LogP contribution in [-0.2, 0) is 18.2 Å². The third kappa shape index (κ3) is 2.66. The van der Waals surface area contributed by atoms with Gasteiger partial charge in [0.2, 0.25) is 0 Å². The van der Waals surface area contributed by atoms with E-state index in [4.69, 9.17) is 4.74 Å². The highest BCUT2D eigenvalue weighted by Crippen LogP contribution is 2.24. The number of nitrogens with one attached hydrogen (secondary N) is 1. The van der Waals surface area contributed by atoms with Gasteiger partial charge in [0.1, 0.15) is 5.82 Å². The number of ether oxygens (including phenoxy) is 1. The molecule has 1 N–H and O–H groups in total. The molecular formula is C12H22N4O. The fourth-order valence-electron chi connectivity index (χ4n) is 2.38. The van der Waals surface area contributed by atoms with Crippen LogP contribution in [0, 0.1) is 0 Å². The van der Waals surface area contributed by atoms with Crippen LogP contribution >= 0.6 is 0 Å². The molecule has 0 radical (unpaired) electrons. The average Bonchev–Trinajstić information content (AvgIpc) is 2.86. The van der Waals surface area contributed by atoms with E-state index in [1.165, 1.54) is 0 Å². The van der Waals surface area contributed by atoms with Crippen molar-refractivity contribution in [2.75, 3.05) is 19.8 Å². The highest BCUT2D eigenvalue weighted by Gasteiger charge is 2.32. The van der Waals surface area contributed by atoms with E-state index in [9.17, 15) is 0 Å². The number of rotatable bonds is 5. The maximum absolute atomic E-state index is 5.56. The van der Waals surface area contributed by atoms with Gasteiger partial charge < -0.3 is 10.1 Å². The minimum Gasteiger partial charge on any atom is -0.379 e. The second-order valence-electron chi connectivity index (χ2n) is 4.57. The Balaban J connectivity index is 2.14. The first-order valence-corrected chi connectivity index (χ1v) is 6.47. The lowest BCUT2D eigenvalue weighted by Crippen LogP contribution is -2.35. The zero-order valence-corrected chi connectivity index (χ0v) is 10.9. The van der Waals surface area contributed by atoms with Crippen molar-refractivity contribution < 1.29 is 4.74 Å². The zero-order chi connectivity index (χ0) is 12.3. The van der Waals surface area contributed by atoms with Gasteiger partial charge >= 0.3 is 0 Å². The van der Waals surface area contributed by atoms with Crippen LogP contribution < -0.4 is 5.32 Å². The van der Waals surface area contributed by atoms with E-state index in [1.807, 2.05) is 11.7 Å². The van der Waals surface area contributed by atoms with Gasteiger partial charge in [-0.15, -0.1) is 0 Å². The highest BCUT2D eigenvalue weighted by atomic mass is 16.5. The van der Waals surface area contributed by atoms with Crippen LogP contribution in [0.4, 0.5) is 0 Å². The standard InChI is InChI=1S/C12H22N4O/c1-4-6-11-14-12(16(3)15-11)9-7-17-8-10(9)13-5-2/h9-10,13H,4-8H2,1-3H3. The first-order valence-electron chi connectivity index (χ1n) is 6.47. The zero-order valence-electron chi connectivity index (χ0n) is 10.9. The Hall–Kier alpha value is -0.940. The molecule has 0 aromatic carbocycles. The molecule has 0 bridgehead atoms. The van der Waals surface area contributed by atoms with Gasteiger partial charge in [0.25, 0.3) is 0 Å². The fourth-order valence-corrected chi connectivity index (χ4v) is 2.38. The van der Waals surface area contributed by atoms with Crippen LogP contribution in [0.2, 0.25) is 0 Å². The molecule has 2 unspecified atom stereocenters. The second kappa shape index (κ2) is 5.60. The van der Waals surface area contributed by atoms with Gasteiger partial charge in [0.05, 0.1) is 19.1 Å². The summed E-state index contributed by atoms with van der Waals surface area (Å²) in [6.45, 7) is 6.75. The van der Waals surface area contributed by atoms with Gasteiger partial charge in [-0.3, -0.25) is 4.68 Å². The molecule has 2 atom stereocenters. The summed E-state index contributed by atoms with van der Waals surface area (Å²) in [4.78, 5) is 4.65. The Labute approximate surface area is 103 Å². The van der Waals surface area contributed by atoms with Gasteiger partial charge in [-0.2, -0.15) is 5.10 Å². The Morgan fingerprint density at radius 1 is 1.41 bits per heavy atom. The summed E-state index contributed by atoms with van der Waals surface area (Å²) < 4.78 is 7.47. The predicted molar refractivity (Wildman–Crippen MR) is 66.0 cm³/mol. The molecule has 1 fully saturated rings. The topological polar surface area (TPSA) is 52.0 Å². The van der Waals surface area contributed by atoms with Crippen molar-refractivity contribution in [1.82, 2.24) is 20.1 Å². The van der Waals surface area contributed by atoms with Crippen molar-refractivity contribution in [2.45, 2.75) is 38.6 Å². The number of nitrogens with zero attached hydrogens (tertiary/aromatic N) is 3. The molecule has 2 heterocycles. The van der Waals surface area contributed by atoms with Crippen molar-refractivity contribution >= 4 is 0 Å². The van der Waals surface area contributed by atoms with E-state index in [2.05, 4.69) is 29.2 Å². The lowest BCUT2D eigenvalue weighted by atomic mass is 10.0. The number of aryl methyl sites for hydroxylation is 2. The Kier molecular flexibility index (Phi) is 4.12. The first-order chi connectivity index (χ1) is 8.26. The van der Waals surface area contributed by atoms with Crippen LogP contribution in [0.3, 0.4) is 0 Å². The lowest BCUT2D eigenvalue weighted by Gasteiger charge is -2.16. The van der Waals surface area contributed by atoms with E-state index in [0.29, 0.717) is 12.0 Å². The largest absolute Gasteiger partial charge is 0.379 e. The monoisotopic (exact) mass is 238 g/mol. The van der Waals surface area contributed by atoms with E-state index in [-0.39, 0.29) is 0 Å². The van der Waals surface area contributed by atoms with Crippen LogP contribution in [0.15, 0.2) is 0 Å². The highest BCUT2D eigenvalue weighted by molar-refractivity contribution is 5.07. The lowest BCUT2D eigenvalue weighted by molar-refractivity contribution is 0.187. The van der Waals surface area contributed by atoms with Gasteiger partial charge in [-0.25, -0.2) is 4.98 Å². The van der Waals surface area contributed by atoms with Crippen molar-refractivity contribution in [3.05, 3.63) is 11.6 Å². The molecule has 5 heteroatoms. The Morgan fingerprint density at radius 3 is 2.94 bits per heavy atom. The molecule has 96 valence electrons. The maximum atomic E-state index is 5.56. The van der Waals surface area contributed by atoms with Gasteiger partial charge in [0, 0.05) is 19.5 Å². The maximum Gasteiger partial charge on any atom is 0.150 e. The molecule has 0 aliphatic carbocycles. The third-order valence-corrected chi connectivity index (χ3v) is 3.19. The normalized spacial score (nSPS) is 24.4. The number of hydrogen-bond donors (Lipinski definition) is 1. The van der Waals surface area contributed by atoms with E-state index < -0.39 is 0 Å². The molecule has 2 rings (SSSR count). The first kappa shape index (κ1) is 12.5. The second-order valence-corrected chi connectivity index (χ2v) is 4.57. The SMILES string of the molecule is CCCc1nc(C2COCC2NCC)n(C)n1. The summed E-state index contributed by atoms with van der Waals surface area (Å²) >= 11 is 0. The molecule has 0 spiro atoms. The van der Waals surface area contributed by atoms with E-state index in [1.54, 1.807) is 0 Å². The molecule has 1 saturated heterocycles. The number of hydrogen-bond acceptors (Lipinski definition) is 4. The molecule has 1 aliphatic heterocycles. The minimum absolute atomic E-state index is 0.332. The van der Waals surface area contributed by atoms with Crippen LogP contribution in [-0.4, -0.2) is 40.6 Å².